The molecule has 0 aliphatic carbocycles. The predicted octanol–water partition coefficient (Wildman–Crippen LogP) is 3.40. The Kier molecular flexibility index (Phi) is 3.89. The Morgan fingerprint density at radius 3 is 2.88 bits per heavy atom. The van der Waals surface area contributed by atoms with E-state index < -0.39 is 5.82 Å². The van der Waals surface area contributed by atoms with Gasteiger partial charge in [0, 0.05) is 19.3 Å². The van der Waals surface area contributed by atoms with E-state index in [0.29, 0.717) is 33.6 Å². The van der Waals surface area contributed by atoms with E-state index in [-0.39, 0.29) is 11.4 Å². The smallest absolute Gasteiger partial charge is 0.258 e. The van der Waals surface area contributed by atoms with Crippen LogP contribution in [0.15, 0.2) is 42.6 Å². The summed E-state index contributed by atoms with van der Waals surface area (Å²) in [6.45, 7) is 0. The molecule has 0 bridgehead atoms. The first-order chi connectivity index (χ1) is 12.5. The number of nitrogens with one attached hydrogen (secondary N) is 2. The normalized spacial score (nSPS) is 11.0. The minimum absolute atomic E-state index is 0.251. The number of nitrogens with zero attached hydrogens (tertiary/aromatic N) is 4. The van der Waals surface area contributed by atoms with Gasteiger partial charge in [0.2, 0.25) is 0 Å². The predicted molar refractivity (Wildman–Crippen MR) is 95.5 cm³/mol. The van der Waals surface area contributed by atoms with Crippen LogP contribution in [0.4, 0.5) is 10.2 Å². The van der Waals surface area contributed by atoms with Gasteiger partial charge < -0.3 is 10.3 Å². The van der Waals surface area contributed by atoms with Gasteiger partial charge in [-0.3, -0.25) is 9.48 Å². The number of benzene rings is 1. The van der Waals surface area contributed by atoms with E-state index in [9.17, 15) is 9.18 Å². The minimum Gasteiger partial charge on any atom is -0.337 e. The van der Waals surface area contributed by atoms with Crippen LogP contribution >= 0.6 is 11.6 Å². The lowest BCUT2D eigenvalue weighted by atomic mass is 10.2. The molecule has 3 aromatic heterocycles. The highest BCUT2D eigenvalue weighted by molar-refractivity contribution is 6.29. The van der Waals surface area contributed by atoms with Crippen LogP contribution in [0.3, 0.4) is 0 Å². The van der Waals surface area contributed by atoms with Gasteiger partial charge in [0.1, 0.15) is 16.4 Å². The Bertz CT molecular complexity index is 1120. The van der Waals surface area contributed by atoms with Gasteiger partial charge in [-0.1, -0.05) is 17.7 Å². The number of carbonyl (C=O) groups is 1. The van der Waals surface area contributed by atoms with E-state index in [2.05, 4.69) is 25.4 Å². The first-order valence-corrected chi connectivity index (χ1v) is 8.00. The number of amides is 1. The van der Waals surface area contributed by atoms with Crippen LogP contribution in [0.25, 0.3) is 22.6 Å². The van der Waals surface area contributed by atoms with Crippen molar-refractivity contribution >= 4 is 34.4 Å². The fraction of sp³-hybridized carbons (Fsp3) is 0.0588. The highest BCUT2D eigenvalue weighted by Crippen LogP contribution is 2.24. The number of H-pyrrole nitrogens is 1. The molecule has 0 aliphatic heterocycles. The lowest BCUT2D eigenvalue weighted by Gasteiger charge is -2.00. The maximum atomic E-state index is 13.8. The number of carbonyl (C=O) groups excluding carboxylic acids is 1. The number of para-hydroxylation sites is 1. The van der Waals surface area contributed by atoms with Gasteiger partial charge in [-0.15, -0.1) is 0 Å². The van der Waals surface area contributed by atoms with Crippen LogP contribution in [-0.4, -0.2) is 30.6 Å². The molecule has 9 heteroatoms. The molecule has 0 aliphatic rings. The summed E-state index contributed by atoms with van der Waals surface area (Å²) in [4.78, 5) is 23.4. The number of aromatic nitrogens is 5. The van der Waals surface area contributed by atoms with Crippen molar-refractivity contribution in [2.75, 3.05) is 5.32 Å². The average molecular weight is 371 g/mol. The summed E-state index contributed by atoms with van der Waals surface area (Å²) in [6, 6.07) is 9.44. The van der Waals surface area contributed by atoms with Crippen LogP contribution in [0, 0.1) is 5.82 Å². The number of fused-ring (bicyclic) bond motifs is 1. The van der Waals surface area contributed by atoms with Crippen molar-refractivity contribution in [2.24, 2.45) is 7.05 Å². The summed E-state index contributed by atoms with van der Waals surface area (Å²) in [6.07, 6.45) is 1.38. The lowest BCUT2D eigenvalue weighted by Crippen LogP contribution is -2.12. The molecule has 0 fully saturated rings. The highest BCUT2D eigenvalue weighted by atomic mass is 35.5. The number of anilines is 1. The molecule has 1 aromatic carbocycles. The van der Waals surface area contributed by atoms with E-state index in [1.807, 2.05) is 0 Å². The van der Waals surface area contributed by atoms with E-state index >= 15 is 0 Å². The number of pyridine rings is 1. The molecule has 0 spiro atoms. The van der Waals surface area contributed by atoms with Crippen molar-refractivity contribution in [2.45, 2.75) is 0 Å². The Hall–Kier alpha value is -3.26. The zero-order chi connectivity index (χ0) is 18.3. The largest absolute Gasteiger partial charge is 0.337 e. The maximum absolute atomic E-state index is 13.8. The number of aromatic amines is 1. The fourth-order valence-corrected chi connectivity index (χ4v) is 2.68. The van der Waals surface area contributed by atoms with Crippen molar-refractivity contribution in [3.8, 4) is 11.5 Å². The number of halogens is 2. The first-order valence-electron chi connectivity index (χ1n) is 7.63. The summed E-state index contributed by atoms with van der Waals surface area (Å²) < 4.78 is 15.4. The Morgan fingerprint density at radius 2 is 2.15 bits per heavy atom. The van der Waals surface area contributed by atoms with Gasteiger partial charge in [-0.05, 0) is 24.3 Å². The third-order valence-corrected chi connectivity index (χ3v) is 4.04. The fourth-order valence-electron chi connectivity index (χ4n) is 2.57. The van der Waals surface area contributed by atoms with Gasteiger partial charge in [0.25, 0.3) is 5.91 Å². The monoisotopic (exact) mass is 370 g/mol. The molecular formula is C17H12ClFN6O. The second-order valence-electron chi connectivity index (χ2n) is 5.58. The third kappa shape index (κ3) is 2.91. The quantitative estimate of drug-likeness (QED) is 0.541. The topological polar surface area (TPSA) is 88.5 Å². The van der Waals surface area contributed by atoms with Crippen LogP contribution in [0.5, 0.6) is 0 Å². The van der Waals surface area contributed by atoms with Crippen molar-refractivity contribution in [3.63, 3.8) is 0 Å². The molecular weight excluding hydrogens is 359 g/mol. The zero-order valence-corrected chi connectivity index (χ0v) is 14.3. The number of hydrogen-bond donors (Lipinski definition) is 2. The lowest BCUT2D eigenvalue weighted by molar-refractivity contribution is 0.102. The van der Waals surface area contributed by atoms with Gasteiger partial charge in [0.15, 0.2) is 17.5 Å². The molecule has 1 amide bonds. The standard InChI is InChI=1S/C17H12ClFN6O/c1-25-12(16-21-11-4-2-3-10(19)15(11)23-16)7-14(24-25)22-17(26)9-5-6-13(18)20-8-9/h2-8H,1H3,(H,21,23)(H,22,24,26). The average Bonchev–Trinajstić information content (AvgIpc) is 3.19. The number of aryl methyl sites for hydroxylation is 1. The van der Waals surface area contributed by atoms with E-state index in [1.165, 1.54) is 18.3 Å². The molecule has 7 nitrogen and oxygen atoms in total. The summed E-state index contributed by atoms with van der Waals surface area (Å²) in [7, 11) is 1.71. The molecule has 130 valence electrons. The Labute approximate surface area is 151 Å². The molecule has 0 unspecified atom stereocenters. The third-order valence-electron chi connectivity index (χ3n) is 3.82. The second-order valence-corrected chi connectivity index (χ2v) is 5.97. The van der Waals surface area contributed by atoms with Crippen LogP contribution in [0.2, 0.25) is 5.15 Å². The summed E-state index contributed by atoms with van der Waals surface area (Å²) in [5.41, 5.74) is 1.79. The number of hydrogen-bond acceptors (Lipinski definition) is 4. The van der Waals surface area contributed by atoms with Crippen LogP contribution < -0.4 is 5.32 Å². The SMILES string of the molecule is Cn1nc(NC(=O)c2ccc(Cl)nc2)cc1-c1nc2c(F)cccc2[nH]1. The molecule has 0 radical (unpaired) electrons. The first kappa shape index (κ1) is 16.2. The van der Waals surface area contributed by atoms with Crippen molar-refractivity contribution < 1.29 is 9.18 Å². The molecule has 0 saturated carbocycles. The molecule has 3 heterocycles. The van der Waals surface area contributed by atoms with Gasteiger partial charge in [-0.2, -0.15) is 5.10 Å². The van der Waals surface area contributed by atoms with E-state index in [0.717, 1.165) is 0 Å². The number of imidazole rings is 1. The van der Waals surface area contributed by atoms with Gasteiger partial charge >= 0.3 is 0 Å². The molecule has 0 saturated heterocycles. The van der Waals surface area contributed by atoms with Crippen molar-refractivity contribution in [1.29, 1.82) is 0 Å². The summed E-state index contributed by atoms with van der Waals surface area (Å²) >= 11 is 5.72. The maximum Gasteiger partial charge on any atom is 0.258 e. The minimum atomic E-state index is -0.407. The van der Waals surface area contributed by atoms with E-state index in [4.69, 9.17) is 11.6 Å². The molecule has 4 aromatic rings. The highest BCUT2D eigenvalue weighted by Gasteiger charge is 2.15. The van der Waals surface area contributed by atoms with Crippen molar-refractivity contribution in [1.82, 2.24) is 24.7 Å². The van der Waals surface area contributed by atoms with Crippen LogP contribution in [-0.2, 0) is 7.05 Å². The molecule has 26 heavy (non-hydrogen) atoms. The Morgan fingerprint density at radius 1 is 1.31 bits per heavy atom. The molecule has 2 N–H and O–H groups in total. The van der Waals surface area contributed by atoms with Gasteiger partial charge in [-0.25, -0.2) is 14.4 Å². The van der Waals surface area contributed by atoms with Crippen LogP contribution in [0.1, 0.15) is 10.4 Å². The van der Waals surface area contributed by atoms with E-state index in [1.54, 1.807) is 36.0 Å². The van der Waals surface area contributed by atoms with Crippen molar-refractivity contribution in [3.05, 3.63) is 59.1 Å². The molecule has 0 atom stereocenters. The molecule has 4 rings (SSSR count). The summed E-state index contributed by atoms with van der Waals surface area (Å²) in [5, 5.41) is 7.24. The second kappa shape index (κ2) is 6.23. The zero-order valence-electron chi connectivity index (χ0n) is 13.5. The number of rotatable bonds is 3. The summed E-state index contributed by atoms with van der Waals surface area (Å²) in [5.74, 6) is 0.0162. The Balaban J connectivity index is 1.63. The van der Waals surface area contributed by atoms with Gasteiger partial charge in [0.05, 0.1) is 11.1 Å².